The molecule has 1 heterocycles. The molecular formula is C13H8N2. The van der Waals surface area contributed by atoms with Gasteiger partial charge in [0.2, 0.25) is 0 Å². The highest BCUT2D eigenvalue weighted by molar-refractivity contribution is 5.93. The van der Waals surface area contributed by atoms with E-state index in [9.17, 15) is 0 Å². The maximum atomic E-state index is 8.83. The van der Waals surface area contributed by atoms with E-state index >= 15 is 0 Å². The number of hydrogen-bond acceptors (Lipinski definition) is 2. The summed E-state index contributed by atoms with van der Waals surface area (Å²) < 4.78 is 0. The van der Waals surface area contributed by atoms with Crippen LogP contribution in [0, 0.1) is 11.3 Å². The van der Waals surface area contributed by atoms with Crippen LogP contribution in [0.15, 0.2) is 35.0 Å². The molecule has 0 aromatic heterocycles. The van der Waals surface area contributed by atoms with Crippen molar-refractivity contribution in [3.63, 3.8) is 0 Å². The van der Waals surface area contributed by atoms with Crippen LogP contribution in [-0.2, 0) is 0 Å². The van der Waals surface area contributed by atoms with Crippen molar-refractivity contribution in [3.8, 4) is 6.07 Å². The third kappa shape index (κ3) is 1.29. The lowest BCUT2D eigenvalue weighted by Gasteiger charge is -2.02. The first-order valence-electron chi connectivity index (χ1n) is 4.86. The van der Waals surface area contributed by atoms with Crippen molar-refractivity contribution in [2.75, 3.05) is 0 Å². The largest absolute Gasteiger partial charge is 0.261 e. The van der Waals surface area contributed by atoms with Gasteiger partial charge in [0.1, 0.15) is 0 Å². The van der Waals surface area contributed by atoms with Crippen LogP contribution in [0.4, 0.5) is 0 Å². The number of aliphatic imine (C=N–C) groups is 1. The molecule has 0 N–H and O–H groups in total. The fraction of sp³-hybridized carbons (Fsp3) is 0.0769. The number of rotatable bonds is 0. The second-order valence-corrected chi connectivity index (χ2v) is 3.65. The smallest absolute Gasteiger partial charge is 0.0991 e. The van der Waals surface area contributed by atoms with Gasteiger partial charge in [0.15, 0.2) is 0 Å². The van der Waals surface area contributed by atoms with Crippen LogP contribution >= 0.6 is 0 Å². The maximum Gasteiger partial charge on any atom is 0.0991 e. The summed E-state index contributed by atoms with van der Waals surface area (Å²) in [4.78, 5) is 4.30. The van der Waals surface area contributed by atoms with E-state index < -0.39 is 0 Å². The second-order valence-electron chi connectivity index (χ2n) is 3.65. The molecule has 0 unspecified atom stereocenters. The minimum atomic E-state index is 0.707. The molecule has 2 heteroatoms. The molecule has 0 amide bonds. The Morgan fingerprint density at radius 1 is 1.33 bits per heavy atom. The Morgan fingerprint density at radius 3 is 3.13 bits per heavy atom. The molecule has 2 aliphatic rings. The van der Waals surface area contributed by atoms with Crippen molar-refractivity contribution in [2.24, 2.45) is 4.99 Å². The lowest BCUT2D eigenvalue weighted by atomic mass is 10.0. The summed E-state index contributed by atoms with van der Waals surface area (Å²) in [5, 5.41) is 8.83. The highest BCUT2D eigenvalue weighted by atomic mass is 14.8. The van der Waals surface area contributed by atoms with Gasteiger partial charge >= 0.3 is 0 Å². The van der Waals surface area contributed by atoms with Crippen LogP contribution in [0.5, 0.6) is 0 Å². The minimum absolute atomic E-state index is 0.707. The zero-order chi connectivity index (χ0) is 10.3. The molecule has 0 saturated carbocycles. The lowest BCUT2D eigenvalue weighted by Crippen LogP contribution is -1.85. The predicted octanol–water partition coefficient (Wildman–Crippen LogP) is 2.77. The Morgan fingerprint density at radius 2 is 2.27 bits per heavy atom. The number of nitriles is 1. The van der Waals surface area contributed by atoms with Crippen molar-refractivity contribution in [3.05, 3.63) is 46.7 Å². The van der Waals surface area contributed by atoms with Crippen LogP contribution in [0.1, 0.15) is 23.1 Å². The Balaban J connectivity index is 2.21. The summed E-state index contributed by atoms with van der Waals surface area (Å²) in [6, 6.07) is 7.96. The van der Waals surface area contributed by atoms with E-state index in [1.807, 2.05) is 36.6 Å². The van der Waals surface area contributed by atoms with Gasteiger partial charge in [-0.15, -0.1) is 0 Å². The molecule has 2 nitrogen and oxygen atoms in total. The van der Waals surface area contributed by atoms with E-state index in [1.54, 1.807) is 0 Å². The first-order valence-corrected chi connectivity index (χ1v) is 4.86. The summed E-state index contributed by atoms with van der Waals surface area (Å²) in [6.07, 6.45) is 6.71. The van der Waals surface area contributed by atoms with Gasteiger partial charge in [-0.05, 0) is 34.9 Å². The van der Waals surface area contributed by atoms with Crippen LogP contribution in [-0.4, -0.2) is 6.21 Å². The Labute approximate surface area is 87.9 Å². The SMILES string of the molecule is N#Cc1ccc2c(c1)/C=C\C=NC1=C2C1. The summed E-state index contributed by atoms with van der Waals surface area (Å²) >= 11 is 0. The minimum Gasteiger partial charge on any atom is -0.261 e. The highest BCUT2D eigenvalue weighted by Crippen LogP contribution is 2.43. The molecule has 0 atom stereocenters. The number of hydrogen-bond donors (Lipinski definition) is 0. The highest BCUT2D eigenvalue weighted by Gasteiger charge is 2.24. The van der Waals surface area contributed by atoms with Gasteiger partial charge in [-0.2, -0.15) is 5.26 Å². The van der Waals surface area contributed by atoms with Gasteiger partial charge < -0.3 is 0 Å². The molecule has 0 spiro atoms. The summed E-state index contributed by atoms with van der Waals surface area (Å²) in [5.41, 5.74) is 5.53. The predicted molar refractivity (Wildman–Crippen MR) is 60.2 cm³/mol. The molecule has 0 fully saturated rings. The van der Waals surface area contributed by atoms with Gasteiger partial charge in [-0.1, -0.05) is 12.1 Å². The summed E-state index contributed by atoms with van der Waals surface area (Å²) in [7, 11) is 0. The monoisotopic (exact) mass is 192 g/mol. The zero-order valence-corrected chi connectivity index (χ0v) is 8.07. The van der Waals surface area contributed by atoms with E-state index in [-0.39, 0.29) is 0 Å². The molecule has 0 bridgehead atoms. The van der Waals surface area contributed by atoms with Crippen molar-refractivity contribution < 1.29 is 0 Å². The average Bonchev–Trinajstić information content (AvgIpc) is 2.99. The zero-order valence-electron chi connectivity index (χ0n) is 8.07. The second kappa shape index (κ2) is 2.93. The first-order chi connectivity index (χ1) is 7.38. The normalized spacial score (nSPS) is 18.3. The van der Waals surface area contributed by atoms with Crippen molar-refractivity contribution in [2.45, 2.75) is 6.42 Å². The van der Waals surface area contributed by atoms with Gasteiger partial charge in [-0.3, -0.25) is 4.99 Å². The molecule has 1 aromatic rings. The number of benzene rings is 1. The van der Waals surface area contributed by atoms with Crippen molar-refractivity contribution >= 4 is 17.9 Å². The molecule has 0 saturated heterocycles. The van der Waals surface area contributed by atoms with E-state index in [2.05, 4.69) is 11.1 Å². The first kappa shape index (κ1) is 8.19. The van der Waals surface area contributed by atoms with Crippen LogP contribution in [0.3, 0.4) is 0 Å². The molecule has 1 aliphatic heterocycles. The summed E-state index contributed by atoms with van der Waals surface area (Å²) in [6.45, 7) is 0. The molecule has 1 aromatic carbocycles. The number of allylic oxidation sites excluding steroid dienone is 3. The fourth-order valence-electron chi connectivity index (χ4n) is 1.82. The Hall–Kier alpha value is -2.14. The Kier molecular flexibility index (Phi) is 1.60. The molecular weight excluding hydrogens is 184 g/mol. The van der Waals surface area contributed by atoms with Crippen LogP contribution in [0.2, 0.25) is 0 Å². The van der Waals surface area contributed by atoms with Gasteiger partial charge in [0.05, 0.1) is 11.6 Å². The third-order valence-electron chi connectivity index (χ3n) is 2.67. The van der Waals surface area contributed by atoms with E-state index in [4.69, 9.17) is 5.26 Å². The maximum absolute atomic E-state index is 8.83. The average molecular weight is 192 g/mol. The van der Waals surface area contributed by atoms with Gasteiger partial charge in [-0.25, -0.2) is 0 Å². The van der Waals surface area contributed by atoms with E-state index in [0.717, 1.165) is 12.0 Å². The van der Waals surface area contributed by atoms with Crippen molar-refractivity contribution in [1.29, 1.82) is 5.26 Å². The molecule has 1 aliphatic carbocycles. The van der Waals surface area contributed by atoms with Crippen LogP contribution < -0.4 is 0 Å². The molecule has 15 heavy (non-hydrogen) atoms. The third-order valence-corrected chi connectivity index (χ3v) is 2.67. The molecule has 3 rings (SSSR count). The topological polar surface area (TPSA) is 36.1 Å². The number of fused-ring (bicyclic) bond motifs is 2. The standard InChI is InChI=1S/C13H8N2/c14-8-9-3-4-11-10(6-9)2-1-5-15-13-7-12(11)13/h1-6H,7H2/b2-1-,5-1?,10-2?,12-11?,15-5?,15-13?. The summed E-state index contributed by atoms with van der Waals surface area (Å²) in [5.74, 6) is 0. The molecule has 0 radical (unpaired) electrons. The molecule has 70 valence electrons. The van der Waals surface area contributed by atoms with Crippen LogP contribution in [0.25, 0.3) is 11.6 Å². The van der Waals surface area contributed by atoms with E-state index in [0.29, 0.717) is 5.56 Å². The lowest BCUT2D eigenvalue weighted by molar-refractivity contribution is 1.41. The Bertz CT molecular complexity index is 569. The fourth-order valence-corrected chi connectivity index (χ4v) is 1.82. The quantitative estimate of drug-likeness (QED) is 0.622. The van der Waals surface area contributed by atoms with Crippen molar-refractivity contribution in [1.82, 2.24) is 0 Å². The van der Waals surface area contributed by atoms with Gasteiger partial charge in [0, 0.05) is 18.3 Å². The van der Waals surface area contributed by atoms with Gasteiger partial charge in [0.25, 0.3) is 0 Å². The van der Waals surface area contributed by atoms with E-state index in [1.165, 1.54) is 16.8 Å². The number of nitrogens with zero attached hydrogens (tertiary/aromatic N) is 2.